The second kappa shape index (κ2) is 6.71. The van der Waals surface area contributed by atoms with Gasteiger partial charge in [0.2, 0.25) is 0 Å². The lowest BCUT2D eigenvalue weighted by atomic mass is 9.95. The van der Waals surface area contributed by atoms with Crippen molar-refractivity contribution in [2.75, 3.05) is 0 Å². The van der Waals surface area contributed by atoms with E-state index in [0.29, 0.717) is 6.42 Å². The Bertz CT molecular complexity index is 755. The molecule has 1 fully saturated rings. The van der Waals surface area contributed by atoms with E-state index >= 15 is 0 Å². The van der Waals surface area contributed by atoms with Gasteiger partial charge in [-0.3, -0.25) is 9.69 Å². The van der Waals surface area contributed by atoms with Gasteiger partial charge in [-0.1, -0.05) is 74.2 Å². The van der Waals surface area contributed by atoms with Crippen molar-refractivity contribution in [3.8, 4) is 0 Å². The number of ether oxygens (including phenoxy) is 1. The van der Waals surface area contributed by atoms with E-state index in [1.165, 1.54) is 4.90 Å². The summed E-state index contributed by atoms with van der Waals surface area (Å²) in [4.78, 5) is 26.0. The predicted molar refractivity (Wildman–Crippen MR) is 91.1 cm³/mol. The van der Waals surface area contributed by atoms with Crippen LogP contribution in [0.15, 0.2) is 72.9 Å². The highest BCUT2D eigenvalue weighted by Crippen LogP contribution is 2.44. The van der Waals surface area contributed by atoms with Gasteiger partial charge in [-0.2, -0.15) is 0 Å². The number of Topliss-reactive ketones (excluding diaryl/α,β-unsaturated/α-hetero) is 1. The van der Waals surface area contributed by atoms with Crippen LogP contribution in [-0.2, 0) is 9.53 Å². The van der Waals surface area contributed by atoms with Crippen molar-refractivity contribution in [1.82, 2.24) is 4.90 Å². The molecule has 2 atom stereocenters. The molecule has 0 N–H and O–H groups in total. The summed E-state index contributed by atoms with van der Waals surface area (Å²) >= 11 is 0. The first-order valence-electron chi connectivity index (χ1n) is 7.95. The van der Waals surface area contributed by atoms with Gasteiger partial charge in [0, 0.05) is 6.42 Å². The number of ketones is 1. The highest BCUT2D eigenvalue weighted by molar-refractivity contribution is 5.97. The second-order valence-electron chi connectivity index (χ2n) is 5.66. The lowest BCUT2D eigenvalue weighted by Crippen LogP contribution is -2.30. The number of hydrogen-bond donors (Lipinski definition) is 0. The largest absolute Gasteiger partial charge is 0.438 e. The molecular weight excluding hydrogens is 302 g/mol. The molecule has 0 aromatic heterocycles. The standard InChI is InChI=1S/C20H19NO3/c1-3-17(22)14(2)21-18(15-10-6-4-7-11-15)19(24-20(21)23)16-12-8-5-9-13-16/h4-13,18-19H,2-3H2,1H3/t18-,19+/m0/s1. The summed E-state index contributed by atoms with van der Waals surface area (Å²) in [6.07, 6.45) is -0.729. The minimum atomic E-state index is -0.537. The molecule has 0 saturated carbocycles. The predicted octanol–water partition coefficient (Wildman–Crippen LogP) is 4.41. The molecule has 2 aromatic rings. The topological polar surface area (TPSA) is 46.6 Å². The van der Waals surface area contributed by atoms with E-state index in [1.807, 2.05) is 60.7 Å². The smallest absolute Gasteiger partial charge is 0.415 e. The van der Waals surface area contributed by atoms with E-state index in [4.69, 9.17) is 4.74 Å². The molecule has 1 amide bonds. The van der Waals surface area contributed by atoms with Gasteiger partial charge >= 0.3 is 6.09 Å². The molecule has 0 unspecified atom stereocenters. The summed E-state index contributed by atoms with van der Waals surface area (Å²) < 4.78 is 5.62. The van der Waals surface area contributed by atoms with Crippen LogP contribution in [0.5, 0.6) is 0 Å². The van der Waals surface area contributed by atoms with Crippen LogP contribution in [0.2, 0.25) is 0 Å². The molecule has 0 aliphatic carbocycles. The molecule has 24 heavy (non-hydrogen) atoms. The number of rotatable bonds is 5. The third kappa shape index (κ3) is 2.83. The zero-order valence-corrected chi connectivity index (χ0v) is 13.5. The number of amides is 1. The number of carbonyl (C=O) groups is 2. The van der Waals surface area contributed by atoms with Crippen molar-refractivity contribution >= 4 is 11.9 Å². The van der Waals surface area contributed by atoms with Crippen LogP contribution < -0.4 is 0 Å². The average Bonchev–Trinajstić information content (AvgIpc) is 2.99. The number of allylic oxidation sites excluding steroid dienone is 1. The van der Waals surface area contributed by atoms with E-state index < -0.39 is 18.2 Å². The van der Waals surface area contributed by atoms with Crippen LogP contribution >= 0.6 is 0 Å². The molecule has 2 aromatic carbocycles. The van der Waals surface area contributed by atoms with E-state index in [1.54, 1.807) is 6.92 Å². The van der Waals surface area contributed by atoms with Gasteiger partial charge in [0.05, 0.1) is 5.70 Å². The Balaban J connectivity index is 2.06. The van der Waals surface area contributed by atoms with Crippen molar-refractivity contribution in [2.24, 2.45) is 0 Å². The first-order valence-corrected chi connectivity index (χ1v) is 7.95. The summed E-state index contributed by atoms with van der Waals surface area (Å²) in [5, 5.41) is 0. The number of nitrogens with zero attached hydrogens (tertiary/aromatic N) is 1. The fourth-order valence-electron chi connectivity index (χ4n) is 2.96. The summed E-state index contributed by atoms with van der Waals surface area (Å²) in [6, 6.07) is 18.7. The summed E-state index contributed by atoms with van der Waals surface area (Å²) in [7, 11) is 0. The monoisotopic (exact) mass is 321 g/mol. The molecule has 3 rings (SSSR count). The van der Waals surface area contributed by atoms with E-state index in [0.717, 1.165) is 11.1 Å². The maximum Gasteiger partial charge on any atom is 0.415 e. The Labute approximate surface area is 141 Å². The highest BCUT2D eigenvalue weighted by Gasteiger charge is 2.45. The Kier molecular flexibility index (Phi) is 4.47. The Morgan fingerprint density at radius 3 is 2.12 bits per heavy atom. The molecule has 4 nitrogen and oxygen atoms in total. The fraction of sp³-hybridized carbons (Fsp3) is 0.200. The Hall–Kier alpha value is -2.88. The number of carbonyl (C=O) groups excluding carboxylic acids is 2. The molecule has 1 heterocycles. The Morgan fingerprint density at radius 2 is 1.58 bits per heavy atom. The lowest BCUT2D eigenvalue weighted by Gasteiger charge is -2.26. The maximum absolute atomic E-state index is 12.5. The van der Waals surface area contributed by atoms with Crippen LogP contribution in [0.4, 0.5) is 4.79 Å². The molecule has 0 radical (unpaired) electrons. The van der Waals surface area contributed by atoms with Crippen LogP contribution in [-0.4, -0.2) is 16.8 Å². The van der Waals surface area contributed by atoms with Crippen LogP contribution in [0, 0.1) is 0 Å². The van der Waals surface area contributed by atoms with Gasteiger partial charge in [0.25, 0.3) is 0 Å². The molecule has 1 saturated heterocycles. The number of benzene rings is 2. The molecule has 122 valence electrons. The third-order valence-electron chi connectivity index (χ3n) is 4.19. The first-order chi connectivity index (χ1) is 11.6. The van der Waals surface area contributed by atoms with Gasteiger partial charge in [-0.25, -0.2) is 4.79 Å². The quantitative estimate of drug-likeness (QED) is 0.766. The average molecular weight is 321 g/mol. The first kappa shape index (κ1) is 16.0. The van der Waals surface area contributed by atoms with Crippen LogP contribution in [0.25, 0.3) is 0 Å². The molecule has 4 heteroatoms. The lowest BCUT2D eigenvalue weighted by molar-refractivity contribution is -0.116. The minimum Gasteiger partial charge on any atom is -0.438 e. The van der Waals surface area contributed by atoms with Crippen molar-refractivity contribution in [2.45, 2.75) is 25.5 Å². The number of cyclic esters (lactones) is 1. The van der Waals surface area contributed by atoms with Crippen LogP contribution in [0.3, 0.4) is 0 Å². The summed E-state index contributed by atoms with van der Waals surface area (Å²) in [5.74, 6) is -0.165. The van der Waals surface area contributed by atoms with Gasteiger partial charge in [0.15, 0.2) is 11.9 Å². The van der Waals surface area contributed by atoms with Gasteiger partial charge in [-0.05, 0) is 11.1 Å². The molecule has 0 bridgehead atoms. The second-order valence-corrected chi connectivity index (χ2v) is 5.66. The maximum atomic E-state index is 12.5. The van der Waals surface area contributed by atoms with Gasteiger partial charge < -0.3 is 4.74 Å². The number of hydrogen-bond acceptors (Lipinski definition) is 3. The third-order valence-corrected chi connectivity index (χ3v) is 4.19. The Morgan fingerprint density at radius 1 is 1.04 bits per heavy atom. The summed E-state index contributed by atoms with van der Waals surface area (Å²) in [5.41, 5.74) is 1.97. The SMILES string of the molecule is C=C(C(=O)CC)N1C(=O)O[C@H](c2ccccc2)[C@@H]1c1ccccc1. The van der Waals surface area contributed by atoms with Crippen molar-refractivity contribution in [3.63, 3.8) is 0 Å². The highest BCUT2D eigenvalue weighted by atomic mass is 16.6. The van der Waals surface area contributed by atoms with E-state index in [-0.39, 0.29) is 11.5 Å². The zero-order chi connectivity index (χ0) is 17.1. The fourth-order valence-corrected chi connectivity index (χ4v) is 2.96. The minimum absolute atomic E-state index is 0.165. The van der Waals surface area contributed by atoms with Crippen molar-refractivity contribution < 1.29 is 14.3 Å². The normalized spacial score (nSPS) is 19.9. The van der Waals surface area contributed by atoms with Gasteiger partial charge in [0.1, 0.15) is 6.04 Å². The van der Waals surface area contributed by atoms with Crippen LogP contribution in [0.1, 0.15) is 36.6 Å². The molecular formula is C20H19NO3. The van der Waals surface area contributed by atoms with E-state index in [2.05, 4.69) is 6.58 Å². The van der Waals surface area contributed by atoms with Crippen molar-refractivity contribution in [1.29, 1.82) is 0 Å². The van der Waals surface area contributed by atoms with Crippen molar-refractivity contribution in [3.05, 3.63) is 84.1 Å². The molecule has 1 aliphatic rings. The van der Waals surface area contributed by atoms with Gasteiger partial charge in [-0.15, -0.1) is 0 Å². The molecule has 0 spiro atoms. The van der Waals surface area contributed by atoms with E-state index in [9.17, 15) is 9.59 Å². The molecule has 1 aliphatic heterocycles. The summed E-state index contributed by atoms with van der Waals surface area (Å²) in [6.45, 7) is 5.59. The zero-order valence-electron chi connectivity index (χ0n) is 13.5.